The molecule has 1 fully saturated rings. The SMILES string of the molecule is O=C(OCCOc1ccccc1F)c1ccc(N2C(=O)CCC2=O)cc1. The molecule has 0 aromatic heterocycles. The van der Waals surface area contributed by atoms with Crippen LogP contribution in [0.4, 0.5) is 10.1 Å². The van der Waals surface area contributed by atoms with Gasteiger partial charge in [-0.05, 0) is 36.4 Å². The first-order valence-electron chi connectivity index (χ1n) is 8.06. The van der Waals surface area contributed by atoms with E-state index in [1.165, 1.54) is 36.4 Å². The van der Waals surface area contributed by atoms with Gasteiger partial charge in [-0.3, -0.25) is 14.5 Å². The van der Waals surface area contributed by atoms with Gasteiger partial charge in [-0.15, -0.1) is 0 Å². The van der Waals surface area contributed by atoms with Gasteiger partial charge in [0, 0.05) is 12.8 Å². The van der Waals surface area contributed by atoms with E-state index in [-0.39, 0.29) is 49.2 Å². The van der Waals surface area contributed by atoms with Crippen LogP contribution in [0.2, 0.25) is 0 Å². The number of hydrogen-bond donors (Lipinski definition) is 0. The molecule has 2 amide bonds. The van der Waals surface area contributed by atoms with Crippen molar-refractivity contribution in [1.29, 1.82) is 0 Å². The van der Waals surface area contributed by atoms with Gasteiger partial charge in [0.1, 0.15) is 13.2 Å². The van der Waals surface area contributed by atoms with Crippen molar-refractivity contribution in [2.24, 2.45) is 0 Å². The Bertz CT molecular complexity index is 818. The average molecular weight is 357 g/mol. The first-order valence-corrected chi connectivity index (χ1v) is 8.06. The molecule has 0 spiro atoms. The molecule has 134 valence electrons. The van der Waals surface area contributed by atoms with Crippen LogP contribution in [-0.2, 0) is 14.3 Å². The topological polar surface area (TPSA) is 72.9 Å². The molecule has 0 N–H and O–H groups in total. The van der Waals surface area contributed by atoms with E-state index < -0.39 is 11.8 Å². The number of imide groups is 1. The summed E-state index contributed by atoms with van der Waals surface area (Å²) in [6.07, 6.45) is 0.398. The van der Waals surface area contributed by atoms with Crippen molar-refractivity contribution in [2.75, 3.05) is 18.1 Å². The van der Waals surface area contributed by atoms with Crippen molar-refractivity contribution in [3.05, 3.63) is 59.9 Å². The molecule has 1 aliphatic heterocycles. The average Bonchev–Trinajstić information content (AvgIpc) is 2.98. The molecule has 7 heteroatoms. The predicted molar refractivity (Wildman–Crippen MR) is 90.3 cm³/mol. The lowest BCUT2D eigenvalue weighted by Gasteiger charge is -2.14. The smallest absolute Gasteiger partial charge is 0.338 e. The highest BCUT2D eigenvalue weighted by Crippen LogP contribution is 2.23. The van der Waals surface area contributed by atoms with Crippen LogP contribution < -0.4 is 9.64 Å². The highest BCUT2D eigenvalue weighted by atomic mass is 19.1. The molecule has 1 heterocycles. The molecule has 0 unspecified atom stereocenters. The molecule has 2 aromatic rings. The van der Waals surface area contributed by atoms with Crippen molar-refractivity contribution in [1.82, 2.24) is 0 Å². The normalized spacial score (nSPS) is 13.8. The molecule has 3 rings (SSSR count). The Morgan fingerprint density at radius 2 is 1.62 bits per heavy atom. The van der Waals surface area contributed by atoms with Gasteiger partial charge in [-0.2, -0.15) is 0 Å². The van der Waals surface area contributed by atoms with Crippen LogP contribution in [0.25, 0.3) is 0 Å². The van der Waals surface area contributed by atoms with E-state index in [1.54, 1.807) is 12.1 Å². The van der Waals surface area contributed by atoms with Gasteiger partial charge in [-0.25, -0.2) is 9.18 Å². The number of carbonyl (C=O) groups is 3. The number of para-hydroxylation sites is 1. The molecule has 0 bridgehead atoms. The zero-order valence-corrected chi connectivity index (χ0v) is 13.8. The van der Waals surface area contributed by atoms with E-state index in [2.05, 4.69) is 0 Å². The van der Waals surface area contributed by atoms with Crippen LogP contribution in [0.15, 0.2) is 48.5 Å². The lowest BCUT2D eigenvalue weighted by atomic mass is 10.2. The number of nitrogens with zero attached hydrogens (tertiary/aromatic N) is 1. The van der Waals surface area contributed by atoms with E-state index in [1.807, 2.05) is 0 Å². The molecule has 26 heavy (non-hydrogen) atoms. The number of esters is 1. The monoisotopic (exact) mass is 357 g/mol. The summed E-state index contributed by atoms with van der Waals surface area (Å²) in [4.78, 5) is 36.5. The summed E-state index contributed by atoms with van der Waals surface area (Å²) in [5, 5.41) is 0. The van der Waals surface area contributed by atoms with Gasteiger partial charge >= 0.3 is 5.97 Å². The van der Waals surface area contributed by atoms with Crippen LogP contribution in [0.3, 0.4) is 0 Å². The zero-order chi connectivity index (χ0) is 18.5. The van der Waals surface area contributed by atoms with Gasteiger partial charge in [0.2, 0.25) is 11.8 Å². The van der Waals surface area contributed by atoms with E-state index >= 15 is 0 Å². The molecule has 1 aliphatic rings. The number of benzene rings is 2. The Balaban J connectivity index is 1.51. The molecule has 1 saturated heterocycles. The van der Waals surface area contributed by atoms with Crippen molar-refractivity contribution >= 4 is 23.5 Å². The standard InChI is InChI=1S/C19H16FNO5/c20-15-3-1-2-4-16(15)25-11-12-26-19(24)13-5-7-14(8-6-13)21-17(22)9-10-18(21)23/h1-8H,9-12H2. The van der Waals surface area contributed by atoms with Gasteiger partial charge in [0.25, 0.3) is 0 Å². The molecule has 2 aromatic carbocycles. The number of anilines is 1. The van der Waals surface area contributed by atoms with Crippen LogP contribution in [0.5, 0.6) is 5.75 Å². The number of amides is 2. The zero-order valence-electron chi connectivity index (χ0n) is 13.8. The fraction of sp³-hybridized carbons (Fsp3) is 0.211. The number of halogens is 1. The van der Waals surface area contributed by atoms with Crippen LogP contribution in [-0.4, -0.2) is 31.0 Å². The van der Waals surface area contributed by atoms with Gasteiger partial charge in [0.05, 0.1) is 11.3 Å². The molecular formula is C19H16FNO5. The number of hydrogen-bond acceptors (Lipinski definition) is 5. The molecule has 0 radical (unpaired) electrons. The maximum absolute atomic E-state index is 13.4. The summed E-state index contributed by atoms with van der Waals surface area (Å²) in [6, 6.07) is 12.0. The second-order valence-corrected chi connectivity index (χ2v) is 5.58. The largest absolute Gasteiger partial charge is 0.487 e. The third kappa shape index (κ3) is 3.88. The van der Waals surface area contributed by atoms with Crippen LogP contribution in [0, 0.1) is 5.82 Å². The minimum Gasteiger partial charge on any atom is -0.487 e. The van der Waals surface area contributed by atoms with Crippen molar-refractivity contribution < 1.29 is 28.2 Å². The maximum atomic E-state index is 13.4. The first kappa shape index (κ1) is 17.6. The molecule has 0 atom stereocenters. The highest BCUT2D eigenvalue weighted by Gasteiger charge is 2.30. The third-order valence-corrected chi connectivity index (χ3v) is 3.82. The number of carbonyl (C=O) groups excluding carboxylic acids is 3. The second kappa shape index (κ2) is 7.77. The molecular weight excluding hydrogens is 341 g/mol. The van der Waals surface area contributed by atoms with Crippen molar-refractivity contribution in [3.63, 3.8) is 0 Å². The summed E-state index contributed by atoms with van der Waals surface area (Å²) >= 11 is 0. The molecule has 0 saturated carbocycles. The van der Waals surface area contributed by atoms with Crippen molar-refractivity contribution in [2.45, 2.75) is 12.8 Å². The van der Waals surface area contributed by atoms with Crippen LogP contribution >= 0.6 is 0 Å². The van der Waals surface area contributed by atoms with Crippen molar-refractivity contribution in [3.8, 4) is 5.75 Å². The first-order chi connectivity index (χ1) is 12.6. The number of rotatable bonds is 6. The van der Waals surface area contributed by atoms with Gasteiger partial charge < -0.3 is 9.47 Å². The molecule has 0 aliphatic carbocycles. The fourth-order valence-corrected chi connectivity index (χ4v) is 2.54. The summed E-state index contributed by atoms with van der Waals surface area (Å²) in [6.45, 7) is -0.0282. The minimum atomic E-state index is -0.576. The Hall–Kier alpha value is -3.22. The second-order valence-electron chi connectivity index (χ2n) is 5.58. The summed E-state index contributed by atoms with van der Waals surface area (Å²) < 4.78 is 23.6. The quantitative estimate of drug-likeness (QED) is 0.452. The Labute approximate surface area is 149 Å². The molecule has 6 nitrogen and oxygen atoms in total. The summed E-state index contributed by atoms with van der Waals surface area (Å²) in [7, 11) is 0. The summed E-state index contributed by atoms with van der Waals surface area (Å²) in [5.74, 6) is -1.48. The fourth-order valence-electron chi connectivity index (χ4n) is 2.54. The van der Waals surface area contributed by atoms with Crippen LogP contribution in [0.1, 0.15) is 23.2 Å². The van der Waals surface area contributed by atoms with E-state index in [0.29, 0.717) is 5.69 Å². The number of ether oxygens (including phenoxy) is 2. The van der Waals surface area contributed by atoms with Gasteiger partial charge in [-0.1, -0.05) is 12.1 Å². The lowest BCUT2D eigenvalue weighted by molar-refractivity contribution is -0.121. The van der Waals surface area contributed by atoms with Gasteiger partial charge in [0.15, 0.2) is 11.6 Å². The Morgan fingerprint density at radius 1 is 0.962 bits per heavy atom. The Morgan fingerprint density at radius 3 is 2.27 bits per heavy atom. The summed E-state index contributed by atoms with van der Waals surface area (Å²) in [5.41, 5.74) is 0.704. The lowest BCUT2D eigenvalue weighted by Crippen LogP contribution is -2.28. The highest BCUT2D eigenvalue weighted by molar-refractivity contribution is 6.19. The minimum absolute atomic E-state index is 0.0154. The van der Waals surface area contributed by atoms with E-state index in [0.717, 1.165) is 4.90 Å². The maximum Gasteiger partial charge on any atom is 0.338 e. The van der Waals surface area contributed by atoms with E-state index in [9.17, 15) is 18.8 Å². The Kier molecular flexibility index (Phi) is 5.26. The third-order valence-electron chi connectivity index (χ3n) is 3.82. The van der Waals surface area contributed by atoms with E-state index in [4.69, 9.17) is 9.47 Å². The predicted octanol–water partition coefficient (Wildman–Crippen LogP) is 2.71.